The minimum Gasteiger partial charge on any atom is -0.494 e. The van der Waals surface area contributed by atoms with Crippen LogP contribution in [0.25, 0.3) is 0 Å². The maximum atomic E-state index is 12.2. The fraction of sp³-hybridized carbons (Fsp3) is 0.167. The summed E-state index contributed by atoms with van der Waals surface area (Å²) in [6, 6.07) is 13.6. The fourth-order valence-electron chi connectivity index (χ4n) is 2.08. The van der Waals surface area contributed by atoms with Crippen LogP contribution in [-0.2, 0) is 0 Å². The first-order valence-corrected chi connectivity index (χ1v) is 8.11. The Morgan fingerprint density at radius 2 is 1.76 bits per heavy atom. The minimum absolute atomic E-state index is 0.166. The van der Waals surface area contributed by atoms with Crippen LogP contribution in [0.3, 0.4) is 0 Å². The Balaban J connectivity index is 1.96. The molecule has 0 atom stereocenters. The van der Waals surface area contributed by atoms with Crippen LogP contribution < -0.4 is 20.7 Å². The maximum absolute atomic E-state index is 12.2. The van der Waals surface area contributed by atoms with Crippen molar-refractivity contribution in [1.82, 2.24) is 10.6 Å². The zero-order valence-electron chi connectivity index (χ0n) is 14.0. The van der Waals surface area contributed by atoms with Gasteiger partial charge in [-0.2, -0.15) is 0 Å². The predicted octanol–water partition coefficient (Wildman–Crippen LogP) is 2.57. The summed E-state index contributed by atoms with van der Waals surface area (Å²) in [6.07, 6.45) is 0. The van der Waals surface area contributed by atoms with E-state index < -0.39 is 0 Å². The van der Waals surface area contributed by atoms with E-state index in [-0.39, 0.29) is 16.9 Å². The van der Waals surface area contributed by atoms with Crippen molar-refractivity contribution in [3.05, 3.63) is 59.7 Å². The molecule has 2 amide bonds. The third-order valence-corrected chi connectivity index (χ3v) is 3.47. The summed E-state index contributed by atoms with van der Waals surface area (Å²) in [5.41, 5.74) is 1.65. The molecule has 0 aliphatic carbocycles. The predicted molar refractivity (Wildman–Crippen MR) is 101 cm³/mol. The molecule has 0 radical (unpaired) electrons. The number of thiocarbonyl (C=S) groups is 1. The van der Waals surface area contributed by atoms with Crippen molar-refractivity contribution in [2.45, 2.75) is 6.92 Å². The molecule has 0 saturated carbocycles. The summed E-state index contributed by atoms with van der Waals surface area (Å²) in [4.78, 5) is 23.7. The Morgan fingerprint density at radius 3 is 2.40 bits per heavy atom. The Labute approximate surface area is 151 Å². The number of anilines is 1. The van der Waals surface area contributed by atoms with Gasteiger partial charge in [0.05, 0.1) is 6.61 Å². The topological polar surface area (TPSA) is 79.5 Å². The highest BCUT2D eigenvalue weighted by molar-refractivity contribution is 7.80. The van der Waals surface area contributed by atoms with E-state index in [0.29, 0.717) is 29.2 Å². The highest BCUT2D eigenvalue weighted by Crippen LogP contribution is 2.13. The highest BCUT2D eigenvalue weighted by atomic mass is 32.1. The third kappa shape index (κ3) is 5.29. The number of hydrogen-bond acceptors (Lipinski definition) is 4. The maximum Gasteiger partial charge on any atom is 0.257 e. The number of amides is 2. The molecule has 7 heteroatoms. The lowest BCUT2D eigenvalue weighted by Crippen LogP contribution is -2.34. The molecular formula is C18H19N3O3S. The molecule has 2 aromatic carbocycles. The first-order chi connectivity index (χ1) is 12.0. The number of nitrogens with one attached hydrogen (secondary N) is 3. The SMILES string of the molecule is CCOc1cccc(C(=O)NC(=S)Nc2ccc(C(=O)NC)cc2)c1. The van der Waals surface area contributed by atoms with Crippen molar-refractivity contribution in [2.24, 2.45) is 0 Å². The van der Waals surface area contributed by atoms with Gasteiger partial charge in [0.2, 0.25) is 0 Å². The molecule has 130 valence electrons. The smallest absolute Gasteiger partial charge is 0.257 e. The Morgan fingerprint density at radius 1 is 1.04 bits per heavy atom. The van der Waals surface area contributed by atoms with Crippen LogP contribution >= 0.6 is 12.2 Å². The van der Waals surface area contributed by atoms with Crippen LogP contribution in [-0.4, -0.2) is 30.6 Å². The zero-order valence-corrected chi connectivity index (χ0v) is 14.8. The largest absolute Gasteiger partial charge is 0.494 e. The molecule has 0 aliphatic heterocycles. The number of benzene rings is 2. The van der Waals surface area contributed by atoms with Gasteiger partial charge in [-0.05, 0) is 61.6 Å². The van der Waals surface area contributed by atoms with E-state index in [4.69, 9.17) is 17.0 Å². The van der Waals surface area contributed by atoms with Crippen LogP contribution in [0.5, 0.6) is 5.75 Å². The molecule has 0 fully saturated rings. The van der Waals surface area contributed by atoms with Gasteiger partial charge in [0.15, 0.2) is 5.11 Å². The van der Waals surface area contributed by atoms with Crippen LogP contribution in [0.15, 0.2) is 48.5 Å². The average molecular weight is 357 g/mol. The van der Waals surface area contributed by atoms with E-state index in [0.717, 1.165) is 0 Å². The molecule has 0 unspecified atom stereocenters. The molecule has 0 spiro atoms. The Bertz CT molecular complexity index is 775. The lowest BCUT2D eigenvalue weighted by Gasteiger charge is -2.11. The second-order valence-corrected chi connectivity index (χ2v) is 5.43. The van der Waals surface area contributed by atoms with Gasteiger partial charge in [0.1, 0.15) is 5.75 Å². The van der Waals surface area contributed by atoms with E-state index in [1.807, 2.05) is 6.92 Å². The molecular weight excluding hydrogens is 338 g/mol. The Kier molecular flexibility index (Phi) is 6.47. The van der Waals surface area contributed by atoms with Gasteiger partial charge in [0.25, 0.3) is 11.8 Å². The summed E-state index contributed by atoms with van der Waals surface area (Å²) >= 11 is 5.15. The summed E-state index contributed by atoms with van der Waals surface area (Å²) < 4.78 is 5.38. The van der Waals surface area contributed by atoms with Crippen LogP contribution in [0, 0.1) is 0 Å². The number of carbonyl (C=O) groups excluding carboxylic acids is 2. The van der Waals surface area contributed by atoms with Gasteiger partial charge >= 0.3 is 0 Å². The van der Waals surface area contributed by atoms with Gasteiger partial charge in [0, 0.05) is 23.9 Å². The molecule has 3 N–H and O–H groups in total. The van der Waals surface area contributed by atoms with Gasteiger partial charge in [-0.25, -0.2) is 0 Å². The highest BCUT2D eigenvalue weighted by Gasteiger charge is 2.09. The monoisotopic (exact) mass is 357 g/mol. The number of carbonyl (C=O) groups is 2. The molecule has 25 heavy (non-hydrogen) atoms. The number of hydrogen-bond donors (Lipinski definition) is 3. The van der Waals surface area contributed by atoms with Crippen molar-refractivity contribution >= 4 is 34.8 Å². The van der Waals surface area contributed by atoms with E-state index in [2.05, 4.69) is 16.0 Å². The van der Waals surface area contributed by atoms with Crippen molar-refractivity contribution in [1.29, 1.82) is 0 Å². The normalized spacial score (nSPS) is 9.84. The fourth-order valence-corrected chi connectivity index (χ4v) is 2.29. The van der Waals surface area contributed by atoms with Gasteiger partial charge in [-0.3, -0.25) is 14.9 Å². The summed E-state index contributed by atoms with van der Waals surface area (Å²) in [5.74, 6) is 0.122. The van der Waals surface area contributed by atoms with E-state index in [1.165, 1.54) is 0 Å². The molecule has 0 aliphatic rings. The first-order valence-electron chi connectivity index (χ1n) is 7.71. The van der Waals surface area contributed by atoms with E-state index >= 15 is 0 Å². The van der Waals surface area contributed by atoms with Gasteiger partial charge in [-0.15, -0.1) is 0 Å². The lowest BCUT2D eigenvalue weighted by molar-refractivity contribution is 0.0959. The molecule has 2 aromatic rings. The van der Waals surface area contributed by atoms with Crippen molar-refractivity contribution < 1.29 is 14.3 Å². The molecule has 0 aromatic heterocycles. The van der Waals surface area contributed by atoms with Gasteiger partial charge < -0.3 is 15.4 Å². The number of rotatable bonds is 5. The minimum atomic E-state index is -0.332. The molecule has 2 rings (SSSR count). The second kappa shape index (κ2) is 8.79. The zero-order chi connectivity index (χ0) is 18.2. The van der Waals surface area contributed by atoms with Crippen molar-refractivity contribution in [3.63, 3.8) is 0 Å². The average Bonchev–Trinajstić information content (AvgIpc) is 2.62. The van der Waals surface area contributed by atoms with Crippen LogP contribution in [0.2, 0.25) is 0 Å². The van der Waals surface area contributed by atoms with Crippen LogP contribution in [0.4, 0.5) is 5.69 Å². The van der Waals surface area contributed by atoms with Crippen molar-refractivity contribution in [2.75, 3.05) is 19.0 Å². The Hall–Kier alpha value is -2.93. The van der Waals surface area contributed by atoms with E-state index in [1.54, 1.807) is 55.6 Å². The van der Waals surface area contributed by atoms with Crippen molar-refractivity contribution in [3.8, 4) is 5.75 Å². The lowest BCUT2D eigenvalue weighted by atomic mass is 10.2. The van der Waals surface area contributed by atoms with E-state index in [9.17, 15) is 9.59 Å². The third-order valence-electron chi connectivity index (χ3n) is 3.27. The number of ether oxygens (including phenoxy) is 1. The molecule has 0 saturated heterocycles. The molecule has 6 nitrogen and oxygen atoms in total. The molecule has 0 heterocycles. The van der Waals surface area contributed by atoms with Gasteiger partial charge in [-0.1, -0.05) is 6.07 Å². The second-order valence-electron chi connectivity index (χ2n) is 5.03. The molecule has 0 bridgehead atoms. The van der Waals surface area contributed by atoms with Crippen LogP contribution in [0.1, 0.15) is 27.6 Å². The summed E-state index contributed by atoms with van der Waals surface area (Å²) in [6.45, 7) is 2.40. The first kappa shape index (κ1) is 18.4. The summed E-state index contributed by atoms with van der Waals surface area (Å²) in [7, 11) is 1.57. The quantitative estimate of drug-likeness (QED) is 0.717. The standard InChI is InChI=1S/C18H19N3O3S/c1-3-24-15-6-4-5-13(11-15)17(23)21-18(25)20-14-9-7-12(8-10-14)16(22)19-2/h4-11H,3H2,1-2H3,(H,19,22)(H2,20,21,23,25). The summed E-state index contributed by atoms with van der Waals surface area (Å²) in [5, 5.41) is 8.23.